The Labute approximate surface area is 134 Å². The van der Waals surface area contributed by atoms with Gasteiger partial charge >= 0.3 is 0 Å². The van der Waals surface area contributed by atoms with E-state index in [4.69, 9.17) is 0 Å². The number of carbonyl (C=O) groups is 2. The number of likely N-dealkylation sites (tertiary alicyclic amines) is 1. The molecule has 1 N–H and O–H groups in total. The lowest BCUT2D eigenvalue weighted by Gasteiger charge is -2.32. The number of thiazole rings is 1. The van der Waals surface area contributed by atoms with Crippen LogP contribution in [0.3, 0.4) is 0 Å². The number of hydrogen-bond acceptors (Lipinski definition) is 5. The van der Waals surface area contributed by atoms with E-state index in [1.807, 2.05) is 26.2 Å². The Hall–Kier alpha value is -1.47. The van der Waals surface area contributed by atoms with Crippen LogP contribution >= 0.6 is 11.3 Å². The molecule has 1 aromatic rings. The quantitative estimate of drug-likeness (QED) is 0.880. The fourth-order valence-electron chi connectivity index (χ4n) is 2.66. The van der Waals surface area contributed by atoms with E-state index >= 15 is 0 Å². The average molecular weight is 325 g/mol. The van der Waals surface area contributed by atoms with Crippen LogP contribution in [0.2, 0.25) is 0 Å². The number of nitrogens with zero attached hydrogens (tertiary/aromatic N) is 3. The van der Waals surface area contributed by atoms with Crippen LogP contribution in [0.4, 0.5) is 0 Å². The summed E-state index contributed by atoms with van der Waals surface area (Å²) in [6.07, 6.45) is 1.94. The predicted octanol–water partition coefficient (Wildman–Crippen LogP) is 1.11. The van der Waals surface area contributed by atoms with Crippen molar-refractivity contribution in [3.8, 4) is 0 Å². The first-order valence-corrected chi connectivity index (χ1v) is 8.29. The second-order valence-electron chi connectivity index (χ2n) is 6.49. The first kappa shape index (κ1) is 16.9. The normalized spacial score (nSPS) is 18.8. The molecular weight excluding hydrogens is 302 g/mol. The summed E-state index contributed by atoms with van der Waals surface area (Å²) in [4.78, 5) is 32.4. The molecule has 0 radical (unpaired) electrons. The van der Waals surface area contributed by atoms with E-state index in [1.165, 1.54) is 11.3 Å². The molecule has 6 nitrogen and oxygen atoms in total. The molecule has 1 saturated heterocycles. The Balaban J connectivity index is 2.06. The molecule has 1 aliphatic rings. The van der Waals surface area contributed by atoms with Gasteiger partial charge in [0.05, 0.1) is 19.1 Å². The first-order chi connectivity index (χ1) is 10.3. The summed E-state index contributed by atoms with van der Waals surface area (Å²) in [5.41, 5.74) is -0.275. The van der Waals surface area contributed by atoms with E-state index in [-0.39, 0.29) is 42.8 Å². The lowest BCUT2D eigenvalue weighted by molar-refractivity contribution is -0.137. The zero-order valence-electron chi connectivity index (χ0n) is 13.3. The molecule has 1 aromatic heterocycles. The minimum absolute atomic E-state index is 0.0176. The molecule has 1 atom stereocenters. The third kappa shape index (κ3) is 3.84. The van der Waals surface area contributed by atoms with Crippen LogP contribution in [0.1, 0.15) is 32.2 Å². The van der Waals surface area contributed by atoms with Crippen molar-refractivity contribution in [2.24, 2.45) is 5.92 Å². The van der Waals surface area contributed by atoms with E-state index in [1.54, 1.807) is 16.0 Å². The van der Waals surface area contributed by atoms with Gasteiger partial charge in [-0.15, -0.1) is 11.3 Å². The zero-order chi connectivity index (χ0) is 16.3. The summed E-state index contributed by atoms with van der Waals surface area (Å²) in [5.74, 6) is -0.397. The minimum Gasteiger partial charge on any atom is -0.395 e. The molecule has 2 heterocycles. The molecule has 2 amide bonds. The summed E-state index contributed by atoms with van der Waals surface area (Å²) >= 11 is 1.48. The Morgan fingerprint density at radius 1 is 1.55 bits per heavy atom. The molecule has 1 fully saturated rings. The Morgan fingerprint density at radius 2 is 2.27 bits per heavy atom. The molecular formula is C15H23N3O3S. The van der Waals surface area contributed by atoms with Crippen molar-refractivity contribution in [3.63, 3.8) is 0 Å². The third-order valence-corrected chi connectivity index (χ3v) is 4.54. The van der Waals surface area contributed by atoms with Crippen molar-refractivity contribution in [1.82, 2.24) is 14.8 Å². The molecule has 0 saturated carbocycles. The monoisotopic (exact) mass is 325 g/mol. The molecule has 0 aliphatic carbocycles. The van der Waals surface area contributed by atoms with E-state index in [2.05, 4.69) is 4.98 Å². The number of aromatic nitrogens is 1. The zero-order valence-corrected chi connectivity index (χ0v) is 14.1. The highest BCUT2D eigenvalue weighted by atomic mass is 32.1. The third-order valence-electron chi connectivity index (χ3n) is 3.78. The Bertz CT molecular complexity index is 525. The van der Waals surface area contributed by atoms with Gasteiger partial charge in [0.1, 0.15) is 5.01 Å². The Morgan fingerprint density at radius 3 is 2.77 bits per heavy atom. The van der Waals surface area contributed by atoms with Gasteiger partial charge in [0, 0.05) is 36.6 Å². The lowest BCUT2D eigenvalue weighted by Crippen LogP contribution is -2.44. The van der Waals surface area contributed by atoms with E-state index in [9.17, 15) is 14.7 Å². The van der Waals surface area contributed by atoms with Gasteiger partial charge in [0.2, 0.25) is 11.8 Å². The molecule has 2 rings (SSSR count). The van der Waals surface area contributed by atoms with Crippen LogP contribution < -0.4 is 0 Å². The predicted molar refractivity (Wildman–Crippen MR) is 84.2 cm³/mol. The van der Waals surface area contributed by atoms with Crippen molar-refractivity contribution in [3.05, 3.63) is 16.6 Å². The number of aliphatic hydroxyl groups is 1. The molecule has 0 bridgehead atoms. The van der Waals surface area contributed by atoms with Crippen molar-refractivity contribution in [1.29, 1.82) is 0 Å². The largest absolute Gasteiger partial charge is 0.395 e. The second kappa shape index (κ2) is 6.75. The van der Waals surface area contributed by atoms with E-state index < -0.39 is 0 Å². The van der Waals surface area contributed by atoms with Gasteiger partial charge in [-0.25, -0.2) is 4.98 Å². The van der Waals surface area contributed by atoms with Crippen molar-refractivity contribution < 1.29 is 14.7 Å². The standard InChI is InChI=1S/C15H23N3O3S/c1-15(2,3)18-9-11(8-13(18)20)14(21)17(5-6-19)10-12-16-4-7-22-12/h4,7,11,19H,5-6,8-10H2,1-3H3/t11-/m1/s1. The summed E-state index contributed by atoms with van der Waals surface area (Å²) in [6, 6.07) is 0. The Kier molecular flexibility index (Phi) is 5.18. The van der Waals surface area contributed by atoms with Gasteiger partial charge in [-0.3, -0.25) is 9.59 Å². The fraction of sp³-hybridized carbons (Fsp3) is 0.667. The lowest BCUT2D eigenvalue weighted by atomic mass is 10.1. The summed E-state index contributed by atoms with van der Waals surface area (Å²) in [7, 11) is 0. The number of amides is 2. The average Bonchev–Trinajstić information content (AvgIpc) is 3.06. The van der Waals surface area contributed by atoms with Crippen LogP contribution in [0, 0.1) is 5.92 Å². The maximum Gasteiger partial charge on any atom is 0.228 e. The maximum atomic E-state index is 12.7. The summed E-state index contributed by atoms with van der Waals surface area (Å²) in [6.45, 7) is 6.91. The fourth-order valence-corrected chi connectivity index (χ4v) is 3.29. The highest BCUT2D eigenvalue weighted by Crippen LogP contribution is 2.27. The van der Waals surface area contributed by atoms with Crippen LogP contribution in [0.15, 0.2) is 11.6 Å². The minimum atomic E-state index is -0.335. The highest BCUT2D eigenvalue weighted by Gasteiger charge is 2.40. The molecule has 7 heteroatoms. The van der Waals surface area contributed by atoms with E-state index in [0.717, 1.165) is 5.01 Å². The second-order valence-corrected chi connectivity index (χ2v) is 7.46. The number of aliphatic hydroxyl groups excluding tert-OH is 1. The smallest absolute Gasteiger partial charge is 0.228 e. The van der Waals surface area contributed by atoms with Crippen molar-refractivity contribution in [2.45, 2.75) is 39.3 Å². The van der Waals surface area contributed by atoms with E-state index in [0.29, 0.717) is 13.1 Å². The van der Waals surface area contributed by atoms with Crippen LogP contribution in [0.5, 0.6) is 0 Å². The highest BCUT2D eigenvalue weighted by molar-refractivity contribution is 7.09. The first-order valence-electron chi connectivity index (χ1n) is 7.41. The molecule has 0 spiro atoms. The van der Waals surface area contributed by atoms with Gasteiger partial charge < -0.3 is 14.9 Å². The molecule has 122 valence electrons. The number of rotatable bonds is 5. The number of carbonyl (C=O) groups excluding carboxylic acids is 2. The van der Waals surface area contributed by atoms with Gasteiger partial charge in [0.15, 0.2) is 0 Å². The number of hydrogen-bond donors (Lipinski definition) is 1. The summed E-state index contributed by atoms with van der Waals surface area (Å²) < 4.78 is 0. The molecule has 1 aliphatic heterocycles. The van der Waals surface area contributed by atoms with Crippen LogP contribution in [-0.4, -0.2) is 56.9 Å². The SMILES string of the molecule is CC(C)(C)N1C[C@H](C(=O)N(CCO)Cc2nccs2)CC1=O. The van der Waals surface area contributed by atoms with Gasteiger partial charge in [0.25, 0.3) is 0 Å². The maximum absolute atomic E-state index is 12.7. The van der Waals surface area contributed by atoms with Crippen molar-refractivity contribution >= 4 is 23.2 Å². The topological polar surface area (TPSA) is 73.7 Å². The van der Waals surface area contributed by atoms with Gasteiger partial charge in [-0.2, -0.15) is 0 Å². The van der Waals surface area contributed by atoms with Crippen molar-refractivity contribution in [2.75, 3.05) is 19.7 Å². The van der Waals surface area contributed by atoms with Crippen LogP contribution in [0.25, 0.3) is 0 Å². The molecule has 0 unspecified atom stereocenters. The summed E-state index contributed by atoms with van der Waals surface area (Å²) in [5, 5.41) is 11.9. The van der Waals surface area contributed by atoms with Crippen LogP contribution in [-0.2, 0) is 16.1 Å². The molecule has 22 heavy (non-hydrogen) atoms. The molecule has 0 aromatic carbocycles. The van der Waals surface area contributed by atoms with Gasteiger partial charge in [-0.1, -0.05) is 0 Å². The van der Waals surface area contributed by atoms with Gasteiger partial charge in [-0.05, 0) is 20.8 Å².